The van der Waals surface area contributed by atoms with Gasteiger partial charge in [-0.15, -0.1) is 0 Å². The van der Waals surface area contributed by atoms with Crippen LogP contribution in [0.1, 0.15) is 11.1 Å². The molecule has 0 radical (unpaired) electrons. The monoisotopic (exact) mass is 379 g/mol. The van der Waals surface area contributed by atoms with E-state index in [4.69, 9.17) is 27.9 Å². The van der Waals surface area contributed by atoms with Gasteiger partial charge in [0.1, 0.15) is 5.75 Å². The van der Waals surface area contributed by atoms with Crippen molar-refractivity contribution in [3.63, 3.8) is 0 Å². The molecule has 2 aromatic rings. The van der Waals surface area contributed by atoms with Gasteiger partial charge < -0.3 is 10.1 Å². The molecule has 0 aliphatic carbocycles. The number of carbonyl (C=O) groups is 2. The normalized spacial score (nSPS) is 10.5. The van der Waals surface area contributed by atoms with Crippen LogP contribution < -0.4 is 15.5 Å². The number of hydrogen-bond acceptors (Lipinski definition) is 4. The van der Waals surface area contributed by atoms with Crippen LogP contribution in [0.3, 0.4) is 0 Å². The fourth-order valence-corrected chi connectivity index (χ4v) is 2.34. The number of ether oxygens (including phenoxy) is 1. The van der Waals surface area contributed by atoms with Gasteiger partial charge in [0.05, 0.1) is 23.4 Å². The minimum absolute atomic E-state index is 0.205. The van der Waals surface area contributed by atoms with Crippen LogP contribution in [0, 0.1) is 0 Å². The summed E-state index contributed by atoms with van der Waals surface area (Å²) in [5.74, 6) is -0.994. The topological polar surface area (TPSA) is 79.8 Å². The van der Waals surface area contributed by atoms with Gasteiger partial charge in [-0.1, -0.05) is 41.4 Å². The van der Waals surface area contributed by atoms with Crippen LogP contribution in [0.2, 0.25) is 10.0 Å². The summed E-state index contributed by atoms with van der Waals surface area (Å²) in [6.07, 6.45) is 1.28. The number of nitrogens with zero attached hydrogens (tertiary/aromatic N) is 1. The first-order valence-corrected chi connectivity index (χ1v) is 7.95. The van der Waals surface area contributed by atoms with Gasteiger partial charge in [-0.05, 0) is 29.8 Å². The lowest BCUT2D eigenvalue weighted by Gasteiger charge is -2.05. The van der Waals surface area contributed by atoms with E-state index in [1.807, 2.05) is 0 Å². The molecule has 8 heteroatoms. The summed E-state index contributed by atoms with van der Waals surface area (Å²) in [6, 6.07) is 12.1. The predicted octanol–water partition coefficient (Wildman–Crippen LogP) is 2.77. The smallest absolute Gasteiger partial charge is 0.329 e. The van der Waals surface area contributed by atoms with Crippen molar-refractivity contribution in [3.8, 4) is 5.75 Å². The molecule has 0 saturated heterocycles. The van der Waals surface area contributed by atoms with E-state index in [1.165, 1.54) is 6.21 Å². The lowest BCUT2D eigenvalue weighted by atomic mass is 10.2. The Hall–Kier alpha value is -2.57. The maximum atomic E-state index is 11.7. The second kappa shape index (κ2) is 9.05. The van der Waals surface area contributed by atoms with Crippen molar-refractivity contribution >= 4 is 41.2 Å². The maximum Gasteiger partial charge on any atom is 0.329 e. The van der Waals surface area contributed by atoms with Crippen LogP contribution in [0.15, 0.2) is 47.6 Å². The molecule has 0 atom stereocenters. The van der Waals surface area contributed by atoms with Crippen molar-refractivity contribution in [2.45, 2.75) is 6.54 Å². The lowest BCUT2D eigenvalue weighted by molar-refractivity contribution is -0.139. The quantitative estimate of drug-likeness (QED) is 0.476. The van der Waals surface area contributed by atoms with Crippen LogP contribution in [-0.2, 0) is 16.1 Å². The number of nitrogens with one attached hydrogen (secondary N) is 2. The van der Waals surface area contributed by atoms with Crippen molar-refractivity contribution in [1.29, 1.82) is 0 Å². The molecule has 25 heavy (non-hydrogen) atoms. The first-order valence-electron chi connectivity index (χ1n) is 7.19. The Balaban J connectivity index is 1.85. The van der Waals surface area contributed by atoms with Gasteiger partial charge in [0.15, 0.2) is 0 Å². The van der Waals surface area contributed by atoms with Gasteiger partial charge in [0.2, 0.25) is 0 Å². The Kier molecular flexibility index (Phi) is 6.80. The lowest BCUT2D eigenvalue weighted by Crippen LogP contribution is -2.37. The zero-order chi connectivity index (χ0) is 18.2. The van der Waals surface area contributed by atoms with E-state index in [9.17, 15) is 9.59 Å². The molecule has 0 unspecified atom stereocenters. The Morgan fingerprint density at radius 3 is 2.32 bits per heavy atom. The first-order chi connectivity index (χ1) is 12.0. The third kappa shape index (κ3) is 5.48. The van der Waals surface area contributed by atoms with Crippen molar-refractivity contribution in [2.24, 2.45) is 5.10 Å². The minimum atomic E-state index is -0.895. The van der Waals surface area contributed by atoms with E-state index in [0.717, 1.165) is 5.56 Å². The van der Waals surface area contributed by atoms with Gasteiger partial charge in [-0.3, -0.25) is 9.59 Å². The number of rotatable bonds is 5. The molecule has 6 nitrogen and oxygen atoms in total. The molecular weight excluding hydrogens is 365 g/mol. The largest absolute Gasteiger partial charge is 0.497 e. The Morgan fingerprint density at radius 2 is 1.72 bits per heavy atom. The molecule has 2 amide bonds. The van der Waals surface area contributed by atoms with Gasteiger partial charge >= 0.3 is 11.8 Å². The van der Waals surface area contributed by atoms with Crippen LogP contribution in [0.5, 0.6) is 5.75 Å². The summed E-state index contributed by atoms with van der Waals surface area (Å²) in [6.45, 7) is 0.205. The zero-order valence-corrected chi connectivity index (χ0v) is 14.8. The van der Waals surface area contributed by atoms with Gasteiger partial charge in [0.25, 0.3) is 0 Å². The van der Waals surface area contributed by atoms with Gasteiger partial charge in [0, 0.05) is 12.1 Å². The molecule has 2 N–H and O–H groups in total. The Morgan fingerprint density at radius 1 is 1.08 bits per heavy atom. The third-order valence-electron chi connectivity index (χ3n) is 3.18. The number of methoxy groups -OCH3 is 1. The maximum absolute atomic E-state index is 11.7. The van der Waals surface area contributed by atoms with E-state index in [1.54, 1.807) is 49.6 Å². The predicted molar refractivity (Wildman–Crippen MR) is 97.0 cm³/mol. The van der Waals surface area contributed by atoms with Gasteiger partial charge in [-0.25, -0.2) is 5.43 Å². The molecular formula is C17H15Cl2N3O3. The Bertz CT molecular complexity index is 772. The van der Waals surface area contributed by atoms with Gasteiger partial charge in [-0.2, -0.15) is 5.10 Å². The summed E-state index contributed by atoms with van der Waals surface area (Å²) < 4.78 is 5.04. The average molecular weight is 380 g/mol. The molecule has 0 bridgehead atoms. The second-order valence-corrected chi connectivity index (χ2v) is 5.68. The summed E-state index contributed by atoms with van der Waals surface area (Å²) in [7, 11) is 1.57. The SMILES string of the molecule is COc1ccc(CNC(=O)C(=O)N/N=C\c2c(Cl)cccc2Cl)cc1. The third-order valence-corrected chi connectivity index (χ3v) is 3.84. The van der Waals surface area contributed by atoms with Crippen molar-refractivity contribution in [3.05, 3.63) is 63.6 Å². The first kappa shape index (κ1) is 18.8. The highest BCUT2D eigenvalue weighted by Gasteiger charge is 2.12. The fourth-order valence-electron chi connectivity index (χ4n) is 1.85. The van der Waals surface area contributed by atoms with E-state index < -0.39 is 11.8 Å². The number of carbonyl (C=O) groups excluding carboxylic acids is 2. The number of benzene rings is 2. The molecule has 0 aliphatic heterocycles. The number of hydrazone groups is 1. The highest BCUT2D eigenvalue weighted by molar-refractivity contribution is 6.38. The molecule has 0 fully saturated rings. The zero-order valence-electron chi connectivity index (χ0n) is 13.3. The van der Waals surface area contributed by atoms with Crippen LogP contribution in [-0.4, -0.2) is 25.1 Å². The number of hydrogen-bond donors (Lipinski definition) is 2. The molecule has 2 rings (SSSR count). The summed E-state index contributed by atoms with van der Waals surface area (Å²) in [5, 5.41) is 6.95. The molecule has 0 heterocycles. The fraction of sp³-hybridized carbons (Fsp3) is 0.118. The standard InChI is InChI=1S/C17H15Cl2N3O3/c1-25-12-7-5-11(6-8-12)9-20-16(23)17(24)22-21-10-13-14(18)3-2-4-15(13)19/h2-8,10H,9H2,1H3,(H,20,23)(H,22,24)/b21-10-. The van der Waals surface area contributed by atoms with E-state index >= 15 is 0 Å². The minimum Gasteiger partial charge on any atom is -0.497 e. The molecule has 0 aromatic heterocycles. The van der Waals surface area contributed by atoms with E-state index in [-0.39, 0.29) is 6.54 Å². The highest BCUT2D eigenvalue weighted by Crippen LogP contribution is 2.21. The number of halogens is 2. The highest BCUT2D eigenvalue weighted by atomic mass is 35.5. The average Bonchev–Trinajstić information content (AvgIpc) is 2.62. The molecule has 0 saturated carbocycles. The molecule has 130 valence electrons. The van der Waals surface area contributed by atoms with E-state index in [0.29, 0.717) is 21.4 Å². The van der Waals surface area contributed by atoms with Crippen molar-refractivity contribution < 1.29 is 14.3 Å². The van der Waals surface area contributed by atoms with Crippen LogP contribution >= 0.6 is 23.2 Å². The Labute approximate surface area is 154 Å². The molecule has 0 aliphatic rings. The molecule has 2 aromatic carbocycles. The second-order valence-electron chi connectivity index (χ2n) is 4.87. The van der Waals surface area contributed by atoms with Crippen molar-refractivity contribution in [1.82, 2.24) is 10.7 Å². The van der Waals surface area contributed by atoms with Crippen LogP contribution in [0.25, 0.3) is 0 Å². The number of amides is 2. The summed E-state index contributed by atoms with van der Waals surface area (Å²) >= 11 is 11.9. The molecule has 0 spiro atoms. The van der Waals surface area contributed by atoms with Crippen LogP contribution in [0.4, 0.5) is 0 Å². The summed E-state index contributed by atoms with van der Waals surface area (Å²) in [5.41, 5.74) is 3.40. The van der Waals surface area contributed by atoms with E-state index in [2.05, 4.69) is 15.8 Å². The van der Waals surface area contributed by atoms with Crippen molar-refractivity contribution in [2.75, 3.05) is 7.11 Å². The summed E-state index contributed by atoms with van der Waals surface area (Å²) in [4.78, 5) is 23.4.